The molecular formula is C25H31N5OS. The van der Waals surface area contributed by atoms with Crippen molar-refractivity contribution in [2.24, 2.45) is 0 Å². The van der Waals surface area contributed by atoms with Gasteiger partial charge in [-0.2, -0.15) is 0 Å². The lowest BCUT2D eigenvalue weighted by atomic mass is 9.99. The van der Waals surface area contributed by atoms with Gasteiger partial charge in [-0.1, -0.05) is 25.1 Å². The van der Waals surface area contributed by atoms with Gasteiger partial charge in [0.15, 0.2) is 0 Å². The fourth-order valence-corrected chi connectivity index (χ4v) is 6.23. The molecule has 32 heavy (non-hydrogen) atoms. The number of anilines is 2. The van der Waals surface area contributed by atoms with Crippen LogP contribution in [-0.4, -0.2) is 59.5 Å². The van der Waals surface area contributed by atoms with Gasteiger partial charge >= 0.3 is 0 Å². The lowest BCUT2D eigenvalue weighted by molar-refractivity contribution is 0.0612. The minimum atomic E-state index is 0.178. The van der Waals surface area contributed by atoms with Gasteiger partial charge in [0, 0.05) is 44.5 Å². The summed E-state index contributed by atoms with van der Waals surface area (Å²) in [5.74, 6) is 1.15. The third-order valence-electron chi connectivity index (χ3n) is 6.96. The summed E-state index contributed by atoms with van der Waals surface area (Å²) < 4.78 is 0. The number of carbonyl (C=O) groups is 1. The predicted molar refractivity (Wildman–Crippen MR) is 132 cm³/mol. The minimum absolute atomic E-state index is 0.178. The summed E-state index contributed by atoms with van der Waals surface area (Å²) >= 11 is 1.53. The number of likely N-dealkylation sites (tertiary alicyclic amines) is 1. The molecule has 2 fully saturated rings. The largest absolute Gasteiger partial charge is 0.368 e. The summed E-state index contributed by atoms with van der Waals surface area (Å²) in [5, 5.41) is 1.05. The molecule has 3 aromatic rings. The van der Waals surface area contributed by atoms with Crippen LogP contribution in [0.1, 0.15) is 47.8 Å². The van der Waals surface area contributed by atoms with Crippen LogP contribution in [0.15, 0.2) is 36.7 Å². The number of piperazine rings is 1. The summed E-state index contributed by atoms with van der Waals surface area (Å²) in [6.07, 6.45) is 6.11. The first-order chi connectivity index (χ1) is 15.7. The number of carbonyl (C=O) groups excluding carboxylic acids is 1. The van der Waals surface area contributed by atoms with Crippen LogP contribution in [-0.2, 0) is 0 Å². The molecule has 2 saturated heterocycles. The molecule has 0 bridgehead atoms. The average Bonchev–Trinajstić information content (AvgIpc) is 3.21. The molecule has 6 nitrogen and oxygen atoms in total. The van der Waals surface area contributed by atoms with Gasteiger partial charge < -0.3 is 14.7 Å². The van der Waals surface area contributed by atoms with E-state index in [2.05, 4.69) is 68.8 Å². The van der Waals surface area contributed by atoms with E-state index >= 15 is 0 Å². The molecule has 0 radical (unpaired) electrons. The molecule has 168 valence electrons. The van der Waals surface area contributed by atoms with Gasteiger partial charge in [-0.15, -0.1) is 11.3 Å². The van der Waals surface area contributed by atoms with Gasteiger partial charge in [-0.25, -0.2) is 9.97 Å². The number of para-hydroxylation sites is 1. The second-order valence-electron chi connectivity index (χ2n) is 8.80. The highest BCUT2D eigenvalue weighted by molar-refractivity contribution is 7.20. The van der Waals surface area contributed by atoms with E-state index < -0.39 is 0 Å². The molecule has 4 heterocycles. The predicted octanol–water partition coefficient (Wildman–Crippen LogP) is 4.73. The fraction of sp³-hybridized carbons (Fsp3) is 0.480. The van der Waals surface area contributed by atoms with Gasteiger partial charge in [0.2, 0.25) is 0 Å². The Balaban J connectivity index is 1.41. The highest BCUT2D eigenvalue weighted by atomic mass is 32.1. The van der Waals surface area contributed by atoms with Crippen molar-refractivity contribution >= 4 is 39.0 Å². The first-order valence-electron chi connectivity index (χ1n) is 11.8. The van der Waals surface area contributed by atoms with E-state index in [0.29, 0.717) is 6.04 Å². The second-order valence-corrected chi connectivity index (χ2v) is 9.80. The minimum Gasteiger partial charge on any atom is -0.368 e. The smallest absolute Gasteiger partial charge is 0.264 e. The summed E-state index contributed by atoms with van der Waals surface area (Å²) in [5.41, 5.74) is 2.31. The number of hydrogen-bond acceptors (Lipinski definition) is 6. The number of rotatable bonds is 4. The van der Waals surface area contributed by atoms with Crippen molar-refractivity contribution in [1.29, 1.82) is 0 Å². The van der Waals surface area contributed by atoms with Crippen molar-refractivity contribution in [2.45, 2.75) is 45.6 Å². The van der Waals surface area contributed by atoms with E-state index in [-0.39, 0.29) is 5.91 Å². The van der Waals surface area contributed by atoms with Crippen LogP contribution >= 0.6 is 11.3 Å². The molecule has 2 aliphatic rings. The molecule has 2 aliphatic heterocycles. The molecule has 1 aromatic carbocycles. The van der Waals surface area contributed by atoms with Crippen molar-refractivity contribution in [3.63, 3.8) is 0 Å². The zero-order valence-corrected chi connectivity index (χ0v) is 19.8. The maximum Gasteiger partial charge on any atom is 0.264 e. The molecule has 0 aliphatic carbocycles. The van der Waals surface area contributed by atoms with Gasteiger partial charge in [0.25, 0.3) is 5.91 Å². The molecule has 5 rings (SSSR count). The van der Waals surface area contributed by atoms with Crippen LogP contribution in [0.5, 0.6) is 0 Å². The Morgan fingerprint density at radius 3 is 2.53 bits per heavy atom. The van der Waals surface area contributed by atoms with Crippen LogP contribution in [0.25, 0.3) is 10.2 Å². The summed E-state index contributed by atoms with van der Waals surface area (Å²) in [6.45, 7) is 8.85. The molecule has 0 saturated carbocycles. The summed E-state index contributed by atoms with van der Waals surface area (Å²) in [6, 6.07) is 10.9. The molecule has 0 N–H and O–H groups in total. The van der Waals surface area contributed by atoms with Crippen molar-refractivity contribution < 1.29 is 4.79 Å². The average molecular weight is 450 g/mol. The Morgan fingerprint density at radius 2 is 1.78 bits per heavy atom. The summed E-state index contributed by atoms with van der Waals surface area (Å²) in [7, 11) is 0. The van der Waals surface area contributed by atoms with Crippen LogP contribution in [0.4, 0.5) is 11.5 Å². The van der Waals surface area contributed by atoms with Crippen LogP contribution < -0.4 is 9.80 Å². The zero-order chi connectivity index (χ0) is 22.1. The molecule has 2 aromatic heterocycles. The van der Waals surface area contributed by atoms with E-state index in [1.165, 1.54) is 23.4 Å². The number of benzene rings is 1. The number of hydrogen-bond donors (Lipinski definition) is 0. The Labute approximate surface area is 193 Å². The Bertz CT molecular complexity index is 1090. The highest BCUT2D eigenvalue weighted by Gasteiger charge is 2.30. The topological polar surface area (TPSA) is 52.6 Å². The number of aromatic nitrogens is 2. The third-order valence-corrected chi connectivity index (χ3v) is 8.15. The molecule has 1 amide bonds. The number of aryl methyl sites for hydroxylation is 1. The van der Waals surface area contributed by atoms with Gasteiger partial charge in [0.05, 0.1) is 10.3 Å². The summed E-state index contributed by atoms with van der Waals surface area (Å²) in [4.78, 5) is 31.4. The Hall–Kier alpha value is -2.67. The zero-order valence-electron chi connectivity index (χ0n) is 19.0. The number of thiophene rings is 1. The van der Waals surface area contributed by atoms with Crippen LogP contribution in [0, 0.1) is 6.92 Å². The molecule has 1 unspecified atom stereocenters. The molecule has 1 atom stereocenters. The number of piperidine rings is 1. The van der Waals surface area contributed by atoms with Gasteiger partial charge in [-0.3, -0.25) is 4.79 Å². The molecule has 7 heteroatoms. The first-order valence-corrected chi connectivity index (χ1v) is 12.6. The number of amides is 1. The Morgan fingerprint density at radius 1 is 1.03 bits per heavy atom. The number of fused-ring (bicyclic) bond motifs is 1. The van der Waals surface area contributed by atoms with Crippen LogP contribution in [0.2, 0.25) is 0 Å². The van der Waals surface area contributed by atoms with Crippen molar-refractivity contribution in [2.75, 3.05) is 42.5 Å². The van der Waals surface area contributed by atoms with E-state index in [0.717, 1.165) is 78.5 Å². The monoisotopic (exact) mass is 449 g/mol. The lowest BCUT2D eigenvalue weighted by Crippen LogP contribution is -2.47. The maximum atomic E-state index is 13.5. The van der Waals surface area contributed by atoms with Crippen LogP contribution in [0.3, 0.4) is 0 Å². The second kappa shape index (κ2) is 9.06. The Kier molecular flexibility index (Phi) is 6.00. The van der Waals surface area contributed by atoms with E-state index in [1.54, 1.807) is 6.33 Å². The third kappa shape index (κ3) is 3.83. The standard InChI is InChI=1S/C25H31N5OS/c1-3-19-9-7-8-12-30(19)25(31)22-18(2)21-23(26-17-27-24(21)32-22)29-15-13-28(14-16-29)20-10-5-4-6-11-20/h4-6,10-11,17,19H,3,7-9,12-16H2,1-2H3. The van der Waals surface area contributed by atoms with Crippen molar-refractivity contribution in [3.05, 3.63) is 47.1 Å². The quantitative estimate of drug-likeness (QED) is 0.576. The normalized spacial score (nSPS) is 19.6. The van der Waals surface area contributed by atoms with Gasteiger partial charge in [0.1, 0.15) is 17.0 Å². The van der Waals surface area contributed by atoms with E-state index in [4.69, 9.17) is 0 Å². The van der Waals surface area contributed by atoms with Gasteiger partial charge in [-0.05, 0) is 50.3 Å². The van der Waals surface area contributed by atoms with E-state index in [9.17, 15) is 4.79 Å². The maximum absolute atomic E-state index is 13.5. The molecular weight excluding hydrogens is 418 g/mol. The SMILES string of the molecule is CCC1CCCCN1C(=O)c1sc2ncnc(N3CCN(c4ccccc4)CC3)c2c1C. The van der Waals surface area contributed by atoms with Crippen molar-refractivity contribution in [3.8, 4) is 0 Å². The lowest BCUT2D eigenvalue weighted by Gasteiger charge is -2.37. The molecule has 0 spiro atoms. The van der Waals surface area contributed by atoms with Crippen molar-refractivity contribution in [1.82, 2.24) is 14.9 Å². The highest BCUT2D eigenvalue weighted by Crippen LogP contribution is 2.37. The number of nitrogens with zero attached hydrogens (tertiary/aromatic N) is 5. The van der Waals surface area contributed by atoms with E-state index in [1.807, 2.05) is 0 Å². The first kappa shape index (κ1) is 21.2. The fourth-order valence-electron chi connectivity index (χ4n) is 5.13.